The molecule has 0 saturated carbocycles. The average Bonchev–Trinajstić information content (AvgIpc) is 3.33. The van der Waals surface area contributed by atoms with Crippen molar-refractivity contribution in [1.29, 1.82) is 0 Å². The summed E-state index contributed by atoms with van der Waals surface area (Å²) in [6, 6.07) is 9.57. The number of aromatic amines is 1. The van der Waals surface area contributed by atoms with Crippen molar-refractivity contribution < 1.29 is 13.9 Å². The number of ether oxygens (including phenoxy) is 1. The molecule has 1 aliphatic rings. The molecule has 0 unspecified atom stereocenters. The van der Waals surface area contributed by atoms with Crippen LogP contribution in [0.15, 0.2) is 46.6 Å². The summed E-state index contributed by atoms with van der Waals surface area (Å²) in [4.78, 5) is 35.8. The Morgan fingerprint density at radius 3 is 2.69 bits per heavy atom. The van der Waals surface area contributed by atoms with E-state index in [9.17, 15) is 14.0 Å². The Bertz CT molecular complexity index is 1110. The number of morpholine rings is 1. The third kappa shape index (κ3) is 5.23. The summed E-state index contributed by atoms with van der Waals surface area (Å²) in [5.41, 5.74) is 1.70. The number of rotatable bonds is 7. The van der Waals surface area contributed by atoms with Gasteiger partial charge in [-0.1, -0.05) is 18.2 Å². The lowest BCUT2D eigenvalue weighted by Crippen LogP contribution is -2.38. The largest absolute Gasteiger partial charge is 0.378 e. The fourth-order valence-corrected chi connectivity index (χ4v) is 4.52. The molecule has 0 spiro atoms. The first-order chi connectivity index (χ1) is 15.5. The van der Waals surface area contributed by atoms with Gasteiger partial charge >= 0.3 is 0 Å². The molecule has 0 bridgehead atoms. The molecule has 9 heteroatoms. The summed E-state index contributed by atoms with van der Waals surface area (Å²) in [6.45, 7) is 4.35. The van der Waals surface area contributed by atoms with Crippen LogP contribution in [0.25, 0.3) is 0 Å². The predicted octanol–water partition coefficient (Wildman–Crippen LogP) is 2.95. The summed E-state index contributed by atoms with van der Waals surface area (Å²) in [6.07, 6.45) is 0.426. The molecule has 1 atom stereocenters. The van der Waals surface area contributed by atoms with Gasteiger partial charge in [-0.05, 0) is 42.5 Å². The topological polar surface area (TPSA) is 87.3 Å². The lowest BCUT2D eigenvalue weighted by molar-refractivity contribution is -0.121. The number of benzene rings is 1. The van der Waals surface area contributed by atoms with Crippen LogP contribution in [0.3, 0.4) is 0 Å². The fraction of sp³-hybridized carbons (Fsp3) is 0.348. The molecular weight excluding hydrogens is 431 g/mol. The third-order valence-corrected chi connectivity index (χ3v) is 6.40. The van der Waals surface area contributed by atoms with Crippen LogP contribution in [0.5, 0.6) is 0 Å². The highest BCUT2D eigenvalue weighted by Crippen LogP contribution is 2.26. The Kier molecular flexibility index (Phi) is 6.96. The molecule has 2 N–H and O–H groups in total. The average molecular weight is 457 g/mol. The molecule has 168 valence electrons. The SMILES string of the molecule is Cc1nc(N2CCOCC2)[nH]c(=O)c1CCC(=O)N[C@@H](c1ccc(F)cc1)c1cccs1. The van der Waals surface area contributed by atoms with Gasteiger partial charge in [0.25, 0.3) is 5.56 Å². The van der Waals surface area contributed by atoms with Crippen LogP contribution in [0.2, 0.25) is 0 Å². The van der Waals surface area contributed by atoms with E-state index in [1.165, 1.54) is 23.5 Å². The van der Waals surface area contributed by atoms with Crippen LogP contribution in [-0.4, -0.2) is 42.2 Å². The third-order valence-electron chi connectivity index (χ3n) is 5.46. The maximum Gasteiger partial charge on any atom is 0.255 e. The highest BCUT2D eigenvalue weighted by molar-refractivity contribution is 7.10. The zero-order chi connectivity index (χ0) is 22.5. The van der Waals surface area contributed by atoms with E-state index in [1.807, 2.05) is 22.4 Å². The monoisotopic (exact) mass is 456 g/mol. The number of halogens is 1. The molecule has 3 aromatic rings. The molecule has 1 fully saturated rings. The van der Waals surface area contributed by atoms with Crippen molar-refractivity contribution >= 4 is 23.2 Å². The maximum absolute atomic E-state index is 13.4. The Morgan fingerprint density at radius 1 is 1.28 bits per heavy atom. The van der Waals surface area contributed by atoms with Crippen LogP contribution in [0.4, 0.5) is 10.3 Å². The number of thiophene rings is 1. The number of hydrogen-bond donors (Lipinski definition) is 2. The van der Waals surface area contributed by atoms with Crippen LogP contribution in [0, 0.1) is 12.7 Å². The van der Waals surface area contributed by atoms with Crippen LogP contribution in [-0.2, 0) is 16.0 Å². The minimum atomic E-state index is -0.371. The number of hydrogen-bond acceptors (Lipinski definition) is 6. The van der Waals surface area contributed by atoms with E-state index in [0.717, 1.165) is 10.4 Å². The van der Waals surface area contributed by atoms with E-state index in [-0.39, 0.29) is 36.2 Å². The molecular formula is C23H25FN4O3S. The van der Waals surface area contributed by atoms with Gasteiger partial charge in [-0.15, -0.1) is 11.3 Å². The number of H-pyrrole nitrogens is 1. The van der Waals surface area contributed by atoms with E-state index in [0.29, 0.717) is 43.5 Å². The van der Waals surface area contributed by atoms with E-state index >= 15 is 0 Å². The lowest BCUT2D eigenvalue weighted by Gasteiger charge is -2.27. The molecule has 0 radical (unpaired) electrons. The Balaban J connectivity index is 1.44. The second-order valence-corrected chi connectivity index (χ2v) is 8.60. The lowest BCUT2D eigenvalue weighted by atomic mass is 10.0. The molecule has 1 amide bonds. The van der Waals surface area contributed by atoms with Gasteiger partial charge in [-0.2, -0.15) is 0 Å². The zero-order valence-electron chi connectivity index (χ0n) is 17.8. The highest BCUT2D eigenvalue weighted by atomic mass is 32.1. The summed E-state index contributed by atoms with van der Waals surface area (Å²) >= 11 is 1.52. The summed E-state index contributed by atoms with van der Waals surface area (Å²) in [5.74, 6) is 0.0228. The van der Waals surface area contributed by atoms with Gasteiger partial charge in [0.15, 0.2) is 0 Å². The Morgan fingerprint density at radius 2 is 2.03 bits per heavy atom. The minimum absolute atomic E-state index is 0.144. The van der Waals surface area contributed by atoms with Crippen molar-refractivity contribution in [3.05, 3.63) is 79.6 Å². The number of carbonyl (C=O) groups excluding carboxylic acids is 1. The Labute approximate surface area is 189 Å². The number of amides is 1. The summed E-state index contributed by atoms with van der Waals surface area (Å²) in [5, 5.41) is 4.95. The second kappa shape index (κ2) is 10.1. The molecule has 1 aromatic carbocycles. The van der Waals surface area contributed by atoms with Crippen molar-refractivity contribution in [1.82, 2.24) is 15.3 Å². The number of aromatic nitrogens is 2. The van der Waals surface area contributed by atoms with Gasteiger partial charge in [0, 0.05) is 35.6 Å². The first-order valence-electron chi connectivity index (χ1n) is 10.5. The van der Waals surface area contributed by atoms with Gasteiger partial charge in [0.1, 0.15) is 5.82 Å². The van der Waals surface area contributed by atoms with E-state index in [2.05, 4.69) is 15.3 Å². The van der Waals surface area contributed by atoms with Gasteiger partial charge in [-0.3, -0.25) is 14.6 Å². The van der Waals surface area contributed by atoms with Gasteiger partial charge in [0.05, 0.1) is 19.3 Å². The van der Waals surface area contributed by atoms with Crippen LogP contribution < -0.4 is 15.8 Å². The van der Waals surface area contributed by atoms with E-state index in [4.69, 9.17) is 4.74 Å². The maximum atomic E-state index is 13.4. The molecule has 0 aliphatic carbocycles. The van der Waals surface area contributed by atoms with Crippen molar-refractivity contribution in [3.63, 3.8) is 0 Å². The number of carbonyl (C=O) groups is 1. The zero-order valence-corrected chi connectivity index (χ0v) is 18.6. The normalized spacial score (nSPS) is 14.9. The minimum Gasteiger partial charge on any atom is -0.378 e. The molecule has 3 heterocycles. The highest BCUT2D eigenvalue weighted by Gasteiger charge is 2.20. The number of aryl methyl sites for hydroxylation is 1. The number of anilines is 1. The molecule has 1 aliphatic heterocycles. The van der Waals surface area contributed by atoms with Crippen LogP contribution in [0.1, 0.15) is 34.2 Å². The molecule has 1 saturated heterocycles. The fourth-order valence-electron chi connectivity index (χ4n) is 3.72. The standard InChI is InChI=1S/C23H25FN4O3S/c1-15-18(22(30)27-23(25-15)28-10-12-31-13-11-28)8-9-20(29)26-21(19-3-2-14-32-19)16-4-6-17(24)7-5-16/h2-7,14,21H,8-13H2,1H3,(H,26,29)(H,25,27,30)/t21-/m0/s1. The quantitative estimate of drug-likeness (QED) is 0.571. The molecule has 32 heavy (non-hydrogen) atoms. The first-order valence-corrected chi connectivity index (χ1v) is 11.4. The van der Waals surface area contributed by atoms with Crippen LogP contribution >= 0.6 is 11.3 Å². The number of nitrogens with one attached hydrogen (secondary N) is 2. The van der Waals surface area contributed by atoms with Crippen molar-refractivity contribution in [2.75, 3.05) is 31.2 Å². The van der Waals surface area contributed by atoms with Gasteiger partial charge in [0.2, 0.25) is 11.9 Å². The van der Waals surface area contributed by atoms with Crippen molar-refractivity contribution in [2.24, 2.45) is 0 Å². The molecule has 2 aromatic heterocycles. The van der Waals surface area contributed by atoms with Crippen molar-refractivity contribution in [2.45, 2.75) is 25.8 Å². The first kappa shape index (κ1) is 22.2. The molecule has 7 nitrogen and oxygen atoms in total. The van der Waals surface area contributed by atoms with Crippen molar-refractivity contribution in [3.8, 4) is 0 Å². The smallest absolute Gasteiger partial charge is 0.255 e. The van der Waals surface area contributed by atoms with Gasteiger partial charge < -0.3 is 15.0 Å². The molecule has 4 rings (SSSR count). The van der Waals surface area contributed by atoms with E-state index < -0.39 is 0 Å². The van der Waals surface area contributed by atoms with Gasteiger partial charge in [-0.25, -0.2) is 9.37 Å². The number of nitrogens with zero attached hydrogens (tertiary/aromatic N) is 2. The second-order valence-electron chi connectivity index (χ2n) is 7.62. The summed E-state index contributed by atoms with van der Waals surface area (Å²) < 4.78 is 18.7. The Hall–Kier alpha value is -3.04. The van der Waals surface area contributed by atoms with E-state index in [1.54, 1.807) is 19.1 Å². The predicted molar refractivity (Wildman–Crippen MR) is 122 cm³/mol. The summed E-state index contributed by atoms with van der Waals surface area (Å²) in [7, 11) is 0.